The molecule has 3 nitrogen and oxygen atoms in total. The first-order chi connectivity index (χ1) is 10.4. The number of alkyl halides is 1. The van der Waals surface area contributed by atoms with E-state index in [0.29, 0.717) is 19.1 Å². The summed E-state index contributed by atoms with van der Waals surface area (Å²) < 4.78 is 11.4. The van der Waals surface area contributed by atoms with Crippen molar-refractivity contribution < 1.29 is 9.47 Å². The minimum absolute atomic E-state index is 0.264. The number of hydrogen-bond donors (Lipinski definition) is 0. The number of hydrogen-bond acceptors (Lipinski definition) is 4. The smallest absolute Gasteiger partial charge is 0.124 e. The molecule has 5 heteroatoms. The summed E-state index contributed by atoms with van der Waals surface area (Å²) in [6, 6.07) is 8.24. The highest BCUT2D eigenvalue weighted by Gasteiger charge is 2.16. The van der Waals surface area contributed by atoms with Gasteiger partial charge < -0.3 is 9.47 Å². The zero-order valence-corrected chi connectivity index (χ0v) is 13.3. The molecular weight excluding hydrogens is 306 g/mol. The molecule has 1 aromatic heterocycles. The van der Waals surface area contributed by atoms with Gasteiger partial charge in [-0.3, -0.25) is 0 Å². The van der Waals surface area contributed by atoms with Crippen LogP contribution < -0.4 is 0 Å². The quantitative estimate of drug-likeness (QED) is 0.745. The molecule has 1 unspecified atom stereocenters. The fraction of sp³-hybridized carbons (Fsp3) is 0.438. The van der Waals surface area contributed by atoms with E-state index >= 15 is 0 Å². The van der Waals surface area contributed by atoms with Crippen LogP contribution in [0.15, 0.2) is 29.6 Å². The second-order valence-corrected chi connectivity index (χ2v) is 6.21. The second kappa shape index (κ2) is 7.36. The molecule has 0 amide bonds. The monoisotopic (exact) mass is 323 g/mol. The predicted octanol–water partition coefficient (Wildman–Crippen LogP) is 4.24. The van der Waals surface area contributed by atoms with E-state index in [2.05, 4.69) is 17.1 Å². The molecule has 0 N–H and O–H groups in total. The normalized spacial score (nSPS) is 18.2. The molecule has 0 saturated carbocycles. The molecule has 1 aliphatic rings. The van der Waals surface area contributed by atoms with Crippen LogP contribution in [0.4, 0.5) is 0 Å². The molecule has 2 heterocycles. The predicted molar refractivity (Wildman–Crippen MR) is 85.7 cm³/mol. The Labute approximate surface area is 133 Å². The molecule has 1 saturated heterocycles. The molecule has 3 rings (SSSR count). The fourth-order valence-corrected chi connectivity index (χ4v) is 3.53. The van der Waals surface area contributed by atoms with Crippen LogP contribution in [0.2, 0.25) is 0 Å². The third-order valence-corrected chi connectivity index (χ3v) is 4.72. The molecular formula is C16H18ClNO2S. The lowest BCUT2D eigenvalue weighted by Gasteiger charge is -2.12. The first-order valence-electron chi connectivity index (χ1n) is 7.15. The van der Waals surface area contributed by atoms with Gasteiger partial charge in [0.05, 0.1) is 30.9 Å². The summed E-state index contributed by atoms with van der Waals surface area (Å²) in [5.41, 5.74) is 3.21. The van der Waals surface area contributed by atoms with Gasteiger partial charge in [-0.25, -0.2) is 4.98 Å². The number of aromatic nitrogens is 1. The van der Waals surface area contributed by atoms with Crippen LogP contribution in [0.1, 0.15) is 24.1 Å². The van der Waals surface area contributed by atoms with Gasteiger partial charge in [0, 0.05) is 17.6 Å². The molecule has 1 atom stereocenters. The Kier molecular flexibility index (Phi) is 5.25. The highest BCUT2D eigenvalue weighted by atomic mass is 35.5. The SMILES string of the molecule is ClCc1csc(-c2ccccc2COCC2CCCO2)n1. The van der Waals surface area contributed by atoms with Gasteiger partial charge >= 0.3 is 0 Å². The van der Waals surface area contributed by atoms with Crippen molar-refractivity contribution in [2.45, 2.75) is 31.4 Å². The molecule has 0 radical (unpaired) electrons. The third kappa shape index (κ3) is 3.83. The van der Waals surface area contributed by atoms with Crippen LogP contribution in [0, 0.1) is 0 Å². The Morgan fingerprint density at radius 3 is 3.05 bits per heavy atom. The molecule has 21 heavy (non-hydrogen) atoms. The van der Waals surface area contributed by atoms with Crippen LogP contribution in [-0.2, 0) is 22.0 Å². The average molecular weight is 324 g/mol. The van der Waals surface area contributed by atoms with Gasteiger partial charge in [-0.1, -0.05) is 24.3 Å². The number of ether oxygens (including phenoxy) is 2. The summed E-state index contributed by atoms with van der Waals surface area (Å²) in [6.45, 7) is 2.12. The molecule has 2 aromatic rings. The van der Waals surface area contributed by atoms with Crippen LogP contribution in [0.25, 0.3) is 10.6 Å². The largest absolute Gasteiger partial charge is 0.376 e. The topological polar surface area (TPSA) is 31.4 Å². The van der Waals surface area contributed by atoms with Crippen molar-refractivity contribution in [3.8, 4) is 10.6 Å². The van der Waals surface area contributed by atoms with E-state index in [1.807, 2.05) is 17.5 Å². The van der Waals surface area contributed by atoms with E-state index in [-0.39, 0.29) is 6.10 Å². The highest BCUT2D eigenvalue weighted by molar-refractivity contribution is 7.13. The molecule has 112 valence electrons. The van der Waals surface area contributed by atoms with E-state index in [4.69, 9.17) is 21.1 Å². The van der Waals surface area contributed by atoms with Crippen molar-refractivity contribution in [3.05, 3.63) is 40.9 Å². The third-order valence-electron chi connectivity index (χ3n) is 3.52. The maximum Gasteiger partial charge on any atom is 0.124 e. The Bertz CT molecular complexity index is 581. The summed E-state index contributed by atoms with van der Waals surface area (Å²) >= 11 is 7.45. The summed E-state index contributed by atoms with van der Waals surface area (Å²) in [6.07, 6.45) is 2.51. The molecule has 1 fully saturated rings. The highest BCUT2D eigenvalue weighted by Crippen LogP contribution is 2.28. The Balaban J connectivity index is 1.67. The minimum atomic E-state index is 0.264. The van der Waals surface area contributed by atoms with Crippen molar-refractivity contribution >= 4 is 22.9 Å². The van der Waals surface area contributed by atoms with Gasteiger partial charge in [-0.05, 0) is 18.4 Å². The molecule has 0 aliphatic carbocycles. The lowest BCUT2D eigenvalue weighted by atomic mass is 10.1. The maximum atomic E-state index is 5.83. The summed E-state index contributed by atoms with van der Waals surface area (Å²) in [7, 11) is 0. The summed E-state index contributed by atoms with van der Waals surface area (Å²) in [5.74, 6) is 0.453. The van der Waals surface area contributed by atoms with Crippen molar-refractivity contribution in [2.24, 2.45) is 0 Å². The first-order valence-corrected chi connectivity index (χ1v) is 8.56. The van der Waals surface area contributed by atoms with E-state index in [1.165, 1.54) is 0 Å². The van der Waals surface area contributed by atoms with Gasteiger partial charge in [0.15, 0.2) is 0 Å². The van der Waals surface area contributed by atoms with E-state index in [1.54, 1.807) is 11.3 Å². The van der Waals surface area contributed by atoms with Gasteiger partial charge in [0.1, 0.15) is 5.01 Å². The van der Waals surface area contributed by atoms with Crippen molar-refractivity contribution in [1.29, 1.82) is 0 Å². The van der Waals surface area contributed by atoms with Crippen molar-refractivity contribution in [2.75, 3.05) is 13.2 Å². The standard InChI is InChI=1S/C16H18ClNO2S/c17-8-13-11-21-16(18-13)15-6-2-1-4-12(15)9-19-10-14-5-3-7-20-14/h1-2,4,6,11,14H,3,5,7-10H2. The number of benzene rings is 1. The lowest BCUT2D eigenvalue weighted by Crippen LogP contribution is -2.14. The molecule has 0 bridgehead atoms. The summed E-state index contributed by atoms with van der Waals surface area (Å²) in [5, 5.41) is 3.01. The van der Waals surface area contributed by atoms with E-state index in [0.717, 1.165) is 41.3 Å². The van der Waals surface area contributed by atoms with E-state index < -0.39 is 0 Å². The van der Waals surface area contributed by atoms with E-state index in [9.17, 15) is 0 Å². The van der Waals surface area contributed by atoms with Gasteiger partial charge in [0.25, 0.3) is 0 Å². The Morgan fingerprint density at radius 2 is 2.29 bits per heavy atom. The van der Waals surface area contributed by atoms with Crippen LogP contribution in [0.5, 0.6) is 0 Å². The van der Waals surface area contributed by atoms with Gasteiger partial charge in [-0.15, -0.1) is 22.9 Å². The lowest BCUT2D eigenvalue weighted by molar-refractivity contribution is 0.0107. The van der Waals surface area contributed by atoms with Gasteiger partial charge in [-0.2, -0.15) is 0 Å². The Morgan fingerprint density at radius 1 is 1.38 bits per heavy atom. The van der Waals surface area contributed by atoms with Crippen LogP contribution in [0.3, 0.4) is 0 Å². The van der Waals surface area contributed by atoms with Gasteiger partial charge in [0.2, 0.25) is 0 Å². The van der Waals surface area contributed by atoms with Crippen molar-refractivity contribution in [1.82, 2.24) is 4.98 Å². The zero-order chi connectivity index (χ0) is 14.5. The molecule has 1 aliphatic heterocycles. The molecule has 0 spiro atoms. The average Bonchev–Trinajstić information content (AvgIpc) is 3.19. The number of rotatable bonds is 6. The van der Waals surface area contributed by atoms with Crippen LogP contribution >= 0.6 is 22.9 Å². The number of nitrogens with zero attached hydrogens (tertiary/aromatic N) is 1. The van der Waals surface area contributed by atoms with Crippen molar-refractivity contribution in [3.63, 3.8) is 0 Å². The fourth-order valence-electron chi connectivity index (χ4n) is 2.42. The first kappa shape index (κ1) is 15.0. The maximum absolute atomic E-state index is 5.83. The Hall–Kier alpha value is -0.940. The number of halogens is 1. The summed E-state index contributed by atoms with van der Waals surface area (Å²) in [4.78, 5) is 4.55. The zero-order valence-electron chi connectivity index (χ0n) is 11.8. The second-order valence-electron chi connectivity index (χ2n) is 5.08. The number of thiazole rings is 1. The minimum Gasteiger partial charge on any atom is -0.376 e. The van der Waals surface area contributed by atoms with Crippen LogP contribution in [-0.4, -0.2) is 24.3 Å². The molecule has 1 aromatic carbocycles.